The standard InChI is InChI=1S/C18H26O3/c19-15-11-7-5-3-1-2-4-6-8-13-17(20)16-12-9-10-14-18(16)21/h9-10,12,14-15,21H,1-8,11,13H2. The van der Waals surface area contributed by atoms with Crippen molar-refractivity contribution in [3.05, 3.63) is 29.8 Å². The van der Waals surface area contributed by atoms with Gasteiger partial charge in [0.25, 0.3) is 0 Å². The first-order valence-electron chi connectivity index (χ1n) is 8.00. The molecule has 0 saturated heterocycles. The topological polar surface area (TPSA) is 54.4 Å². The smallest absolute Gasteiger partial charge is 0.166 e. The number of hydrogen-bond donors (Lipinski definition) is 1. The number of para-hydroxylation sites is 1. The van der Waals surface area contributed by atoms with Crippen molar-refractivity contribution in [1.82, 2.24) is 0 Å². The van der Waals surface area contributed by atoms with Crippen LogP contribution in [0.2, 0.25) is 0 Å². The zero-order valence-corrected chi connectivity index (χ0v) is 12.7. The van der Waals surface area contributed by atoms with Gasteiger partial charge in [-0.1, -0.05) is 50.7 Å². The van der Waals surface area contributed by atoms with Crippen LogP contribution in [0.1, 0.15) is 74.6 Å². The van der Waals surface area contributed by atoms with Gasteiger partial charge in [0.05, 0.1) is 5.56 Å². The van der Waals surface area contributed by atoms with E-state index >= 15 is 0 Å². The summed E-state index contributed by atoms with van der Waals surface area (Å²) in [7, 11) is 0. The van der Waals surface area contributed by atoms with Gasteiger partial charge in [-0.2, -0.15) is 0 Å². The van der Waals surface area contributed by atoms with Crippen LogP contribution in [0.4, 0.5) is 0 Å². The summed E-state index contributed by atoms with van der Waals surface area (Å²) in [5.41, 5.74) is 0.438. The number of benzene rings is 1. The van der Waals surface area contributed by atoms with Crippen molar-refractivity contribution in [2.45, 2.75) is 64.2 Å². The van der Waals surface area contributed by atoms with Crippen LogP contribution in [0.25, 0.3) is 0 Å². The van der Waals surface area contributed by atoms with Gasteiger partial charge in [-0.05, 0) is 25.0 Å². The molecule has 0 unspecified atom stereocenters. The van der Waals surface area contributed by atoms with E-state index in [0.717, 1.165) is 38.4 Å². The highest BCUT2D eigenvalue weighted by molar-refractivity contribution is 5.98. The molecule has 0 amide bonds. The first-order valence-corrected chi connectivity index (χ1v) is 8.00. The van der Waals surface area contributed by atoms with Crippen molar-refractivity contribution in [3.8, 4) is 5.75 Å². The van der Waals surface area contributed by atoms with E-state index < -0.39 is 0 Å². The summed E-state index contributed by atoms with van der Waals surface area (Å²) in [4.78, 5) is 22.1. The first-order chi connectivity index (χ1) is 10.3. The summed E-state index contributed by atoms with van der Waals surface area (Å²) in [6.07, 6.45) is 11.1. The zero-order valence-electron chi connectivity index (χ0n) is 12.7. The zero-order chi connectivity index (χ0) is 15.3. The number of Topliss-reactive ketones (excluding diaryl/α,β-unsaturated/α-hetero) is 1. The summed E-state index contributed by atoms with van der Waals surface area (Å²) < 4.78 is 0. The molecule has 0 spiro atoms. The number of ketones is 1. The molecular formula is C18H26O3. The van der Waals surface area contributed by atoms with Crippen LogP contribution in [0.15, 0.2) is 24.3 Å². The second kappa shape index (κ2) is 11.1. The number of carbonyl (C=O) groups excluding carboxylic acids is 2. The molecule has 1 aromatic carbocycles. The van der Waals surface area contributed by atoms with Crippen LogP contribution in [-0.2, 0) is 4.79 Å². The van der Waals surface area contributed by atoms with Crippen LogP contribution in [0, 0.1) is 0 Å². The largest absolute Gasteiger partial charge is 0.507 e. The average molecular weight is 290 g/mol. The lowest BCUT2D eigenvalue weighted by molar-refractivity contribution is -0.107. The lowest BCUT2D eigenvalue weighted by atomic mass is 10.0. The van der Waals surface area contributed by atoms with Crippen molar-refractivity contribution in [2.75, 3.05) is 0 Å². The quantitative estimate of drug-likeness (QED) is 0.345. The van der Waals surface area contributed by atoms with Crippen LogP contribution < -0.4 is 0 Å². The number of rotatable bonds is 12. The number of phenolic OH excluding ortho intramolecular Hbond substituents is 1. The molecule has 0 aromatic heterocycles. The minimum atomic E-state index is 0.0296. The highest BCUT2D eigenvalue weighted by Crippen LogP contribution is 2.19. The second-order valence-electron chi connectivity index (χ2n) is 5.47. The Balaban J connectivity index is 2.01. The average Bonchev–Trinajstić information content (AvgIpc) is 2.49. The van der Waals surface area contributed by atoms with E-state index in [-0.39, 0.29) is 11.5 Å². The molecule has 116 valence electrons. The molecule has 0 radical (unpaired) electrons. The van der Waals surface area contributed by atoms with Gasteiger partial charge in [0.1, 0.15) is 12.0 Å². The fraction of sp³-hybridized carbons (Fsp3) is 0.556. The Labute approximate surface area is 127 Å². The van der Waals surface area contributed by atoms with E-state index in [1.807, 2.05) is 0 Å². The normalized spacial score (nSPS) is 10.5. The van der Waals surface area contributed by atoms with E-state index in [9.17, 15) is 14.7 Å². The maximum Gasteiger partial charge on any atom is 0.166 e. The van der Waals surface area contributed by atoms with Crippen molar-refractivity contribution in [2.24, 2.45) is 0 Å². The van der Waals surface area contributed by atoms with E-state index in [1.54, 1.807) is 24.3 Å². The maximum absolute atomic E-state index is 11.9. The fourth-order valence-corrected chi connectivity index (χ4v) is 2.42. The van der Waals surface area contributed by atoms with Crippen LogP contribution >= 0.6 is 0 Å². The monoisotopic (exact) mass is 290 g/mol. The van der Waals surface area contributed by atoms with Crippen molar-refractivity contribution < 1.29 is 14.7 Å². The molecule has 1 rings (SSSR count). The van der Waals surface area contributed by atoms with E-state index in [2.05, 4.69) is 0 Å². The number of unbranched alkanes of at least 4 members (excludes halogenated alkanes) is 8. The molecule has 0 bridgehead atoms. The summed E-state index contributed by atoms with van der Waals surface area (Å²) in [5.74, 6) is 0.111. The third-order valence-corrected chi connectivity index (χ3v) is 3.68. The number of phenols is 1. The number of aldehydes is 1. The lowest BCUT2D eigenvalue weighted by Gasteiger charge is -2.04. The van der Waals surface area contributed by atoms with Crippen molar-refractivity contribution in [1.29, 1.82) is 0 Å². The van der Waals surface area contributed by atoms with E-state index in [0.29, 0.717) is 18.4 Å². The SMILES string of the molecule is O=CCCCCCCCCCCC(=O)c1ccccc1O. The molecule has 0 saturated carbocycles. The Bertz CT molecular complexity index is 426. The van der Waals surface area contributed by atoms with Gasteiger partial charge in [0, 0.05) is 12.8 Å². The lowest BCUT2D eigenvalue weighted by Crippen LogP contribution is -1.99. The predicted molar refractivity (Wildman–Crippen MR) is 84.7 cm³/mol. The Morgan fingerprint density at radius 2 is 1.48 bits per heavy atom. The molecule has 0 heterocycles. The number of aromatic hydroxyl groups is 1. The van der Waals surface area contributed by atoms with Gasteiger partial charge in [0.2, 0.25) is 0 Å². The summed E-state index contributed by atoms with van der Waals surface area (Å²) in [6.45, 7) is 0. The van der Waals surface area contributed by atoms with Crippen LogP contribution in [-0.4, -0.2) is 17.2 Å². The Hall–Kier alpha value is -1.64. The van der Waals surface area contributed by atoms with Gasteiger partial charge >= 0.3 is 0 Å². The highest BCUT2D eigenvalue weighted by Gasteiger charge is 2.09. The third kappa shape index (κ3) is 7.64. The molecule has 0 atom stereocenters. The van der Waals surface area contributed by atoms with Gasteiger partial charge in [0.15, 0.2) is 5.78 Å². The molecule has 0 aliphatic heterocycles. The first kappa shape index (κ1) is 17.4. The van der Waals surface area contributed by atoms with Gasteiger partial charge in [-0.25, -0.2) is 0 Å². The van der Waals surface area contributed by atoms with Gasteiger partial charge in [-0.3, -0.25) is 4.79 Å². The molecule has 0 aliphatic carbocycles. The molecule has 21 heavy (non-hydrogen) atoms. The fourth-order valence-electron chi connectivity index (χ4n) is 2.42. The number of carbonyl (C=O) groups is 2. The summed E-state index contributed by atoms with van der Waals surface area (Å²) in [5, 5.41) is 9.60. The third-order valence-electron chi connectivity index (χ3n) is 3.68. The van der Waals surface area contributed by atoms with Crippen molar-refractivity contribution >= 4 is 12.1 Å². The molecular weight excluding hydrogens is 264 g/mol. The Kier molecular flexibility index (Phi) is 9.18. The van der Waals surface area contributed by atoms with Crippen LogP contribution in [0.3, 0.4) is 0 Å². The minimum absolute atomic E-state index is 0.0296. The summed E-state index contributed by atoms with van der Waals surface area (Å²) in [6, 6.07) is 6.73. The molecule has 0 fully saturated rings. The molecule has 1 N–H and O–H groups in total. The maximum atomic E-state index is 11.9. The van der Waals surface area contributed by atoms with E-state index in [4.69, 9.17) is 0 Å². The second-order valence-corrected chi connectivity index (χ2v) is 5.47. The summed E-state index contributed by atoms with van der Waals surface area (Å²) >= 11 is 0. The van der Waals surface area contributed by atoms with Gasteiger partial charge < -0.3 is 9.90 Å². The molecule has 3 nitrogen and oxygen atoms in total. The van der Waals surface area contributed by atoms with Crippen LogP contribution in [0.5, 0.6) is 5.75 Å². The highest BCUT2D eigenvalue weighted by atomic mass is 16.3. The molecule has 0 aliphatic rings. The molecule has 3 heteroatoms. The Morgan fingerprint density at radius 1 is 0.905 bits per heavy atom. The van der Waals surface area contributed by atoms with E-state index in [1.165, 1.54) is 19.3 Å². The molecule has 1 aromatic rings. The van der Waals surface area contributed by atoms with Crippen molar-refractivity contribution in [3.63, 3.8) is 0 Å². The van der Waals surface area contributed by atoms with Gasteiger partial charge in [-0.15, -0.1) is 0 Å². The predicted octanol–water partition coefficient (Wildman–Crippen LogP) is 4.67. The number of hydrogen-bond acceptors (Lipinski definition) is 3. The Morgan fingerprint density at radius 3 is 2.10 bits per heavy atom. The minimum Gasteiger partial charge on any atom is -0.507 e.